The number of carbonyl (C=O) groups excluding carboxylic acids is 2. The van der Waals surface area contributed by atoms with Crippen molar-refractivity contribution in [3.63, 3.8) is 0 Å². The van der Waals surface area contributed by atoms with E-state index in [-0.39, 0.29) is 17.7 Å². The number of thiazole rings is 1. The Labute approximate surface area is 213 Å². The molecule has 1 aliphatic rings. The Kier molecular flexibility index (Phi) is 6.79. The normalized spacial score (nSPS) is 14.3. The molecule has 4 aromatic rings. The van der Waals surface area contributed by atoms with E-state index in [1.54, 1.807) is 0 Å². The third-order valence-corrected chi connectivity index (χ3v) is 7.71. The van der Waals surface area contributed by atoms with Gasteiger partial charge in [-0.15, -0.1) is 11.3 Å². The minimum absolute atomic E-state index is 0.0940. The zero-order valence-electron chi connectivity index (χ0n) is 19.3. The van der Waals surface area contributed by atoms with Crippen molar-refractivity contribution < 1.29 is 9.59 Å². The number of aryl methyl sites for hydroxylation is 1. The predicted octanol–water partition coefficient (Wildman–Crippen LogP) is 5.85. The fourth-order valence-corrected chi connectivity index (χ4v) is 5.55. The van der Waals surface area contributed by atoms with Gasteiger partial charge in [-0.05, 0) is 55.7 Å². The number of halogens is 1. The van der Waals surface area contributed by atoms with Gasteiger partial charge in [0.1, 0.15) is 5.69 Å². The van der Waals surface area contributed by atoms with Crippen molar-refractivity contribution >= 4 is 51.3 Å². The number of piperidine rings is 1. The molecule has 1 N–H and O–H groups in total. The SMILES string of the molecule is Cc1ccc2cc(NC(=O)c3csc(C4CCN(C(=O)Cc5ccccc5Cl)CC4)n3)ccc2n1. The summed E-state index contributed by atoms with van der Waals surface area (Å²) < 4.78 is 0. The molecule has 1 aliphatic heterocycles. The number of hydrogen-bond donors (Lipinski definition) is 1. The number of rotatable bonds is 5. The van der Waals surface area contributed by atoms with Crippen LogP contribution in [-0.4, -0.2) is 39.8 Å². The van der Waals surface area contributed by atoms with Gasteiger partial charge < -0.3 is 10.2 Å². The Morgan fingerprint density at radius 1 is 1.09 bits per heavy atom. The van der Waals surface area contributed by atoms with Crippen LogP contribution in [0.4, 0.5) is 5.69 Å². The zero-order valence-corrected chi connectivity index (χ0v) is 20.9. The van der Waals surface area contributed by atoms with Crippen LogP contribution in [0.3, 0.4) is 0 Å². The summed E-state index contributed by atoms with van der Waals surface area (Å²) in [5, 5.41) is 7.31. The van der Waals surface area contributed by atoms with Crippen LogP contribution in [0.25, 0.3) is 10.9 Å². The van der Waals surface area contributed by atoms with Gasteiger partial charge in [-0.2, -0.15) is 0 Å². The minimum Gasteiger partial charge on any atom is -0.342 e. The highest BCUT2D eigenvalue weighted by molar-refractivity contribution is 7.10. The van der Waals surface area contributed by atoms with Crippen LogP contribution in [0.1, 0.15) is 45.5 Å². The first-order chi connectivity index (χ1) is 17.0. The molecule has 2 aromatic heterocycles. The average molecular weight is 505 g/mol. The number of aromatic nitrogens is 2. The molecule has 2 aromatic carbocycles. The van der Waals surface area contributed by atoms with Crippen LogP contribution >= 0.6 is 22.9 Å². The molecule has 6 nitrogen and oxygen atoms in total. The molecule has 0 atom stereocenters. The second-order valence-electron chi connectivity index (χ2n) is 8.81. The van der Waals surface area contributed by atoms with E-state index >= 15 is 0 Å². The molecule has 2 amide bonds. The van der Waals surface area contributed by atoms with Crippen molar-refractivity contribution in [2.45, 2.75) is 32.1 Å². The zero-order chi connectivity index (χ0) is 24.4. The number of amides is 2. The van der Waals surface area contributed by atoms with E-state index in [0.29, 0.717) is 35.9 Å². The Morgan fingerprint density at radius 2 is 1.89 bits per heavy atom. The molecule has 8 heteroatoms. The van der Waals surface area contributed by atoms with Crippen molar-refractivity contribution in [2.75, 3.05) is 18.4 Å². The molecule has 1 fully saturated rings. The van der Waals surface area contributed by atoms with E-state index in [4.69, 9.17) is 11.6 Å². The molecule has 1 saturated heterocycles. The van der Waals surface area contributed by atoms with E-state index < -0.39 is 0 Å². The summed E-state index contributed by atoms with van der Waals surface area (Å²) in [7, 11) is 0. The number of anilines is 1. The smallest absolute Gasteiger partial charge is 0.275 e. The Balaban J connectivity index is 1.18. The van der Waals surface area contributed by atoms with Crippen LogP contribution < -0.4 is 5.32 Å². The second kappa shape index (κ2) is 10.1. The standard InChI is InChI=1S/C27H25ClN4O2S/c1-17-6-7-20-14-21(8-9-23(20)29-17)30-26(34)24-16-35-27(31-24)18-10-12-32(13-11-18)25(33)15-19-4-2-3-5-22(19)28/h2-9,14,16,18H,10-13,15H2,1H3,(H,30,34). The molecule has 0 aliphatic carbocycles. The number of carbonyl (C=O) groups is 2. The highest BCUT2D eigenvalue weighted by Gasteiger charge is 2.26. The van der Waals surface area contributed by atoms with E-state index in [1.165, 1.54) is 11.3 Å². The number of hydrogen-bond acceptors (Lipinski definition) is 5. The third-order valence-electron chi connectivity index (χ3n) is 6.34. The molecule has 3 heterocycles. The van der Waals surface area contributed by atoms with Gasteiger partial charge >= 0.3 is 0 Å². The van der Waals surface area contributed by atoms with Gasteiger partial charge in [0, 0.05) is 46.2 Å². The summed E-state index contributed by atoms with van der Waals surface area (Å²) in [5.74, 6) is 0.122. The van der Waals surface area contributed by atoms with Gasteiger partial charge in [0.05, 0.1) is 16.9 Å². The second-order valence-corrected chi connectivity index (χ2v) is 10.1. The van der Waals surface area contributed by atoms with Crippen LogP contribution in [0.5, 0.6) is 0 Å². The van der Waals surface area contributed by atoms with Crippen molar-refractivity contribution in [1.29, 1.82) is 0 Å². The number of nitrogens with one attached hydrogen (secondary N) is 1. The largest absolute Gasteiger partial charge is 0.342 e. The highest BCUT2D eigenvalue weighted by Crippen LogP contribution is 2.31. The molecule has 35 heavy (non-hydrogen) atoms. The fraction of sp³-hybridized carbons (Fsp3) is 0.259. The molecule has 0 bridgehead atoms. The number of likely N-dealkylation sites (tertiary alicyclic amines) is 1. The first-order valence-electron chi connectivity index (χ1n) is 11.6. The molecule has 5 rings (SSSR count). The Hall–Kier alpha value is -3.29. The van der Waals surface area contributed by atoms with Crippen molar-refractivity contribution in [1.82, 2.24) is 14.9 Å². The maximum absolute atomic E-state index is 12.8. The molecule has 0 radical (unpaired) electrons. The molecular formula is C27H25ClN4O2S. The number of pyridine rings is 1. The lowest BCUT2D eigenvalue weighted by atomic mass is 9.97. The maximum atomic E-state index is 12.8. The number of benzene rings is 2. The van der Waals surface area contributed by atoms with Crippen LogP contribution in [0.15, 0.2) is 60.0 Å². The van der Waals surface area contributed by atoms with Gasteiger partial charge in [-0.1, -0.05) is 35.9 Å². The number of nitrogens with zero attached hydrogens (tertiary/aromatic N) is 3. The Morgan fingerprint density at radius 3 is 2.69 bits per heavy atom. The summed E-state index contributed by atoms with van der Waals surface area (Å²) in [6.45, 7) is 3.32. The highest BCUT2D eigenvalue weighted by atomic mass is 35.5. The van der Waals surface area contributed by atoms with E-state index in [1.807, 2.05) is 71.8 Å². The summed E-state index contributed by atoms with van der Waals surface area (Å²) in [6.07, 6.45) is 1.98. The van der Waals surface area contributed by atoms with Crippen molar-refractivity contribution in [2.24, 2.45) is 0 Å². The lowest BCUT2D eigenvalue weighted by molar-refractivity contribution is -0.131. The summed E-state index contributed by atoms with van der Waals surface area (Å²) in [4.78, 5) is 36.5. The monoisotopic (exact) mass is 504 g/mol. The summed E-state index contributed by atoms with van der Waals surface area (Å²) in [6, 6.07) is 17.1. The number of fused-ring (bicyclic) bond motifs is 1. The first-order valence-corrected chi connectivity index (χ1v) is 12.9. The molecule has 0 saturated carbocycles. The van der Waals surface area contributed by atoms with Gasteiger partial charge in [0.2, 0.25) is 5.91 Å². The molecule has 0 unspecified atom stereocenters. The lowest BCUT2D eigenvalue weighted by Crippen LogP contribution is -2.38. The quantitative estimate of drug-likeness (QED) is 0.369. The topological polar surface area (TPSA) is 75.2 Å². The first kappa shape index (κ1) is 23.5. The van der Waals surface area contributed by atoms with Crippen LogP contribution in [0.2, 0.25) is 5.02 Å². The van der Waals surface area contributed by atoms with Crippen LogP contribution in [0, 0.1) is 6.92 Å². The third kappa shape index (κ3) is 5.36. The minimum atomic E-state index is -0.223. The molecular weight excluding hydrogens is 480 g/mol. The van der Waals surface area contributed by atoms with Crippen molar-refractivity contribution in [3.8, 4) is 0 Å². The van der Waals surface area contributed by atoms with E-state index in [2.05, 4.69) is 15.3 Å². The summed E-state index contributed by atoms with van der Waals surface area (Å²) >= 11 is 7.72. The fourth-order valence-electron chi connectivity index (χ4n) is 4.37. The van der Waals surface area contributed by atoms with Crippen molar-refractivity contribution in [3.05, 3.63) is 87.0 Å². The van der Waals surface area contributed by atoms with Gasteiger partial charge in [0.15, 0.2) is 0 Å². The molecule has 178 valence electrons. The average Bonchev–Trinajstić information content (AvgIpc) is 3.36. The van der Waals surface area contributed by atoms with Crippen LogP contribution in [-0.2, 0) is 11.2 Å². The van der Waals surface area contributed by atoms with Gasteiger partial charge in [-0.3, -0.25) is 14.6 Å². The van der Waals surface area contributed by atoms with Gasteiger partial charge in [0.25, 0.3) is 5.91 Å². The predicted molar refractivity (Wildman–Crippen MR) is 140 cm³/mol. The summed E-state index contributed by atoms with van der Waals surface area (Å²) in [5.41, 5.74) is 3.85. The van der Waals surface area contributed by atoms with Gasteiger partial charge in [-0.25, -0.2) is 4.98 Å². The maximum Gasteiger partial charge on any atom is 0.275 e. The Bertz CT molecular complexity index is 1390. The lowest BCUT2D eigenvalue weighted by Gasteiger charge is -2.31. The van der Waals surface area contributed by atoms with E-state index in [9.17, 15) is 9.59 Å². The van der Waals surface area contributed by atoms with E-state index in [0.717, 1.165) is 40.0 Å². The molecule has 0 spiro atoms.